The van der Waals surface area contributed by atoms with Crippen LogP contribution in [0.3, 0.4) is 0 Å². The van der Waals surface area contributed by atoms with Gasteiger partial charge in [-0.2, -0.15) is 20.5 Å². The number of pyridine rings is 1. The maximum Gasteiger partial charge on any atom is 0.171 e. The lowest BCUT2D eigenvalue weighted by Gasteiger charge is -1.87. The van der Waals surface area contributed by atoms with Crippen molar-refractivity contribution in [2.45, 2.75) is 13.8 Å². The van der Waals surface area contributed by atoms with Crippen molar-refractivity contribution in [3.8, 4) is 0 Å². The lowest BCUT2D eigenvalue weighted by molar-refractivity contribution is 0.888. The van der Waals surface area contributed by atoms with E-state index in [9.17, 15) is 0 Å². The van der Waals surface area contributed by atoms with Gasteiger partial charge in [-0.3, -0.25) is 4.98 Å². The molecule has 5 heteroatoms. The molecule has 0 N–H and O–H groups in total. The molecule has 0 aromatic carbocycles. The topological polar surface area (TPSA) is 62.3 Å². The molecule has 1 heterocycles. The molecular weight excluding hydrogens is 178 g/mol. The third-order valence-electron chi connectivity index (χ3n) is 1.12. The normalized spacial score (nSPS) is 10.2. The molecule has 76 valence electrons. The van der Waals surface area contributed by atoms with E-state index < -0.39 is 0 Å². The van der Waals surface area contributed by atoms with Crippen LogP contribution in [0.15, 0.2) is 45.0 Å². The zero-order valence-electron chi connectivity index (χ0n) is 8.75. The first-order valence-corrected chi connectivity index (χ1v) is 4.46. The highest BCUT2D eigenvalue weighted by Crippen LogP contribution is 2.08. The maximum atomic E-state index is 3.88. The van der Waals surface area contributed by atoms with Crippen LogP contribution in [0.1, 0.15) is 13.8 Å². The molecule has 5 nitrogen and oxygen atoms in total. The minimum absolute atomic E-state index is 0.277. The quantitative estimate of drug-likeness (QED) is 0.679. The van der Waals surface area contributed by atoms with E-state index in [2.05, 4.69) is 25.4 Å². The molecule has 0 unspecified atom stereocenters. The molecule has 14 heavy (non-hydrogen) atoms. The van der Waals surface area contributed by atoms with Crippen molar-refractivity contribution >= 4 is 5.69 Å². The third-order valence-corrected chi connectivity index (χ3v) is 1.12. The van der Waals surface area contributed by atoms with Crippen LogP contribution in [0.2, 0.25) is 0 Å². The molecule has 1 rings (SSSR count). The molecular formula is C9H15N5. The number of aromatic nitrogens is 1. The monoisotopic (exact) mass is 193 g/mol. The van der Waals surface area contributed by atoms with Crippen molar-refractivity contribution in [1.29, 1.82) is 0 Å². The van der Waals surface area contributed by atoms with Crippen molar-refractivity contribution in [3.05, 3.63) is 24.5 Å². The molecule has 0 radical (unpaired) electrons. The molecule has 0 aliphatic carbocycles. The van der Waals surface area contributed by atoms with E-state index in [0.717, 1.165) is 5.69 Å². The Balaban J connectivity index is 0.000000791. The smallest absolute Gasteiger partial charge is 0.171 e. The molecule has 0 bridgehead atoms. The van der Waals surface area contributed by atoms with Crippen molar-refractivity contribution < 1.29 is 0 Å². The second kappa shape index (κ2) is 9.44. The van der Waals surface area contributed by atoms with Crippen molar-refractivity contribution in [3.63, 3.8) is 0 Å². The molecule has 0 amide bonds. The van der Waals surface area contributed by atoms with Crippen LogP contribution < -0.4 is 0 Å². The van der Waals surface area contributed by atoms with E-state index in [1.807, 2.05) is 13.8 Å². The SMILES string of the molecule is CC.CN=NCN=Nc1ccncc1. The number of rotatable bonds is 3. The van der Waals surface area contributed by atoms with Crippen LogP contribution in [0.4, 0.5) is 5.69 Å². The fourth-order valence-electron chi connectivity index (χ4n) is 0.616. The predicted molar refractivity (Wildman–Crippen MR) is 55.7 cm³/mol. The van der Waals surface area contributed by atoms with Gasteiger partial charge >= 0.3 is 0 Å². The molecule has 1 aromatic rings. The fraction of sp³-hybridized carbons (Fsp3) is 0.444. The van der Waals surface area contributed by atoms with Gasteiger partial charge in [0.2, 0.25) is 0 Å². The van der Waals surface area contributed by atoms with Crippen molar-refractivity contribution in [2.24, 2.45) is 20.5 Å². The van der Waals surface area contributed by atoms with Gasteiger partial charge in [0.1, 0.15) is 0 Å². The second-order valence-electron chi connectivity index (χ2n) is 1.93. The summed E-state index contributed by atoms with van der Waals surface area (Å²) in [5.74, 6) is 0. The summed E-state index contributed by atoms with van der Waals surface area (Å²) in [5.41, 5.74) is 0.774. The fourth-order valence-corrected chi connectivity index (χ4v) is 0.616. The van der Waals surface area contributed by atoms with Crippen molar-refractivity contribution in [2.75, 3.05) is 13.7 Å². The average Bonchev–Trinajstić information content (AvgIpc) is 2.29. The molecule has 0 aliphatic rings. The number of hydrogen-bond acceptors (Lipinski definition) is 5. The Bertz CT molecular complexity index is 268. The predicted octanol–water partition coefficient (Wildman–Crippen LogP) is 3.23. The lowest BCUT2D eigenvalue weighted by Crippen LogP contribution is -1.69. The highest BCUT2D eigenvalue weighted by Gasteiger charge is 1.83. The molecule has 0 aliphatic heterocycles. The first kappa shape index (κ1) is 12.3. The van der Waals surface area contributed by atoms with Gasteiger partial charge in [0.25, 0.3) is 0 Å². The molecule has 0 atom stereocenters. The molecule has 0 spiro atoms. The van der Waals surface area contributed by atoms with Gasteiger partial charge in [0.05, 0.1) is 5.69 Å². The Morgan fingerprint density at radius 2 is 1.79 bits per heavy atom. The number of hydrogen-bond donors (Lipinski definition) is 0. The first-order valence-electron chi connectivity index (χ1n) is 4.46. The largest absolute Gasteiger partial charge is 0.265 e. The molecule has 1 aromatic heterocycles. The summed E-state index contributed by atoms with van der Waals surface area (Å²) in [6.45, 7) is 4.28. The summed E-state index contributed by atoms with van der Waals surface area (Å²) in [5, 5.41) is 14.8. The van der Waals surface area contributed by atoms with Gasteiger partial charge in [0.15, 0.2) is 6.67 Å². The second-order valence-corrected chi connectivity index (χ2v) is 1.93. The van der Waals surface area contributed by atoms with Gasteiger partial charge in [-0.05, 0) is 12.1 Å². The summed E-state index contributed by atoms with van der Waals surface area (Å²) in [6, 6.07) is 3.54. The van der Waals surface area contributed by atoms with Gasteiger partial charge in [0, 0.05) is 19.4 Å². The molecule has 0 saturated carbocycles. The summed E-state index contributed by atoms with van der Waals surface area (Å²) >= 11 is 0. The molecule has 0 fully saturated rings. The Morgan fingerprint density at radius 3 is 2.36 bits per heavy atom. The highest BCUT2D eigenvalue weighted by atomic mass is 15.2. The average molecular weight is 193 g/mol. The third kappa shape index (κ3) is 5.93. The van der Waals surface area contributed by atoms with E-state index in [4.69, 9.17) is 0 Å². The number of nitrogens with zero attached hydrogens (tertiary/aromatic N) is 5. The van der Waals surface area contributed by atoms with Crippen LogP contribution >= 0.6 is 0 Å². The first-order chi connectivity index (χ1) is 6.93. The van der Waals surface area contributed by atoms with Crippen LogP contribution in [0, 0.1) is 0 Å². The Morgan fingerprint density at radius 1 is 1.14 bits per heavy atom. The van der Waals surface area contributed by atoms with Crippen LogP contribution in [0.25, 0.3) is 0 Å². The van der Waals surface area contributed by atoms with E-state index >= 15 is 0 Å². The van der Waals surface area contributed by atoms with Crippen LogP contribution in [-0.2, 0) is 0 Å². The lowest BCUT2D eigenvalue weighted by atomic mass is 10.4. The Hall–Kier alpha value is -1.65. The summed E-state index contributed by atoms with van der Waals surface area (Å²) in [6.07, 6.45) is 3.32. The standard InChI is InChI=1S/C7H9N5.C2H6/c1-8-10-6-11-12-7-2-4-9-5-3-7;1-2/h2-5H,6H2,1H3;1-2H3. The van der Waals surface area contributed by atoms with E-state index in [1.165, 1.54) is 0 Å². The van der Waals surface area contributed by atoms with E-state index in [-0.39, 0.29) is 6.67 Å². The van der Waals surface area contributed by atoms with Gasteiger partial charge < -0.3 is 0 Å². The Labute approximate surface area is 84.0 Å². The molecule has 0 saturated heterocycles. The van der Waals surface area contributed by atoms with Crippen LogP contribution in [-0.4, -0.2) is 18.7 Å². The van der Waals surface area contributed by atoms with E-state index in [0.29, 0.717) is 0 Å². The van der Waals surface area contributed by atoms with Gasteiger partial charge in [-0.25, -0.2) is 0 Å². The minimum Gasteiger partial charge on any atom is -0.265 e. The zero-order chi connectivity index (χ0) is 10.6. The van der Waals surface area contributed by atoms with E-state index in [1.54, 1.807) is 31.6 Å². The summed E-state index contributed by atoms with van der Waals surface area (Å²) < 4.78 is 0. The summed E-state index contributed by atoms with van der Waals surface area (Å²) in [4.78, 5) is 3.85. The van der Waals surface area contributed by atoms with Crippen LogP contribution in [0.5, 0.6) is 0 Å². The van der Waals surface area contributed by atoms with Gasteiger partial charge in [-0.15, -0.1) is 0 Å². The maximum absolute atomic E-state index is 3.88. The summed E-state index contributed by atoms with van der Waals surface area (Å²) in [7, 11) is 1.60. The zero-order valence-corrected chi connectivity index (χ0v) is 8.75. The Kier molecular flexibility index (Phi) is 8.33. The van der Waals surface area contributed by atoms with Gasteiger partial charge in [-0.1, -0.05) is 13.8 Å². The highest BCUT2D eigenvalue weighted by molar-refractivity contribution is 5.32. The number of azo groups is 2. The van der Waals surface area contributed by atoms with Crippen molar-refractivity contribution in [1.82, 2.24) is 4.98 Å². The minimum atomic E-state index is 0.277.